The van der Waals surface area contributed by atoms with Gasteiger partial charge in [-0.3, -0.25) is 0 Å². The lowest BCUT2D eigenvalue weighted by Crippen LogP contribution is -1.88. The Hall–Kier alpha value is -1.28. The van der Waals surface area contributed by atoms with E-state index in [2.05, 4.69) is 16.8 Å². The Balaban J connectivity index is 2.63. The summed E-state index contributed by atoms with van der Waals surface area (Å²) in [5.74, 6) is 0. The van der Waals surface area contributed by atoms with Crippen LogP contribution in [0.4, 0.5) is 0 Å². The molecule has 0 spiro atoms. The zero-order valence-electron chi connectivity index (χ0n) is 7.62. The molecule has 0 unspecified atom stereocenters. The molecule has 1 aromatic carbocycles. The number of nitrogens with zero attached hydrogens (tertiary/aromatic N) is 1. The van der Waals surface area contributed by atoms with Crippen LogP contribution in [0.15, 0.2) is 24.4 Å². The van der Waals surface area contributed by atoms with Crippen LogP contribution in [0.25, 0.3) is 10.9 Å². The molecule has 1 N–H and O–H groups in total. The summed E-state index contributed by atoms with van der Waals surface area (Å²) in [5.41, 5.74) is 2.39. The molecule has 0 saturated heterocycles. The average molecular weight is 174 g/mol. The highest BCUT2D eigenvalue weighted by Gasteiger charge is 2.03. The molecule has 1 radical (unpaired) electrons. The molecule has 0 aliphatic rings. The van der Waals surface area contributed by atoms with Gasteiger partial charge in [-0.1, -0.05) is 6.07 Å². The minimum Gasteiger partial charge on any atom is -0.396 e. The molecule has 1 heterocycles. The number of benzene rings is 1. The zero-order valence-corrected chi connectivity index (χ0v) is 7.62. The molecule has 2 rings (SSSR count). The summed E-state index contributed by atoms with van der Waals surface area (Å²) < 4.78 is 2.08. The molecule has 2 heteroatoms. The largest absolute Gasteiger partial charge is 0.396 e. The molecule has 0 aliphatic heterocycles. The Kier molecular flexibility index (Phi) is 2.07. The molecule has 0 atom stereocenters. The van der Waals surface area contributed by atoms with Gasteiger partial charge in [-0.05, 0) is 30.2 Å². The van der Waals surface area contributed by atoms with Gasteiger partial charge in [-0.15, -0.1) is 0 Å². The van der Waals surface area contributed by atoms with Crippen molar-refractivity contribution in [3.05, 3.63) is 36.0 Å². The highest BCUT2D eigenvalue weighted by Crippen LogP contribution is 2.19. The first-order valence-electron chi connectivity index (χ1n) is 4.38. The lowest BCUT2D eigenvalue weighted by molar-refractivity contribution is 0.300. The van der Waals surface area contributed by atoms with Crippen molar-refractivity contribution in [2.24, 2.45) is 7.05 Å². The Bertz CT molecular complexity index is 417. The zero-order chi connectivity index (χ0) is 9.26. The summed E-state index contributed by atoms with van der Waals surface area (Å²) in [4.78, 5) is 0. The van der Waals surface area contributed by atoms with Gasteiger partial charge in [0.15, 0.2) is 0 Å². The first-order chi connectivity index (χ1) is 6.33. The van der Waals surface area contributed by atoms with Gasteiger partial charge in [-0.2, -0.15) is 0 Å². The smallest absolute Gasteiger partial charge is 0.0480 e. The maximum atomic E-state index is 8.87. The molecule has 1 aromatic heterocycles. The Morgan fingerprint density at radius 2 is 2.38 bits per heavy atom. The first-order valence-corrected chi connectivity index (χ1v) is 4.38. The molecule has 0 bridgehead atoms. The van der Waals surface area contributed by atoms with E-state index in [0.717, 1.165) is 6.42 Å². The standard InChI is InChI=1S/C11H12NO/c1-12-8-9(6-7-13)10-4-2-3-5-11(10)12/h3-5,8,13H,6-7H2,1H3. The van der Waals surface area contributed by atoms with Crippen LogP contribution in [0.2, 0.25) is 0 Å². The number of aryl methyl sites for hydroxylation is 1. The number of hydrogen-bond acceptors (Lipinski definition) is 1. The summed E-state index contributed by atoms with van der Waals surface area (Å²) >= 11 is 0. The highest BCUT2D eigenvalue weighted by atomic mass is 16.2. The molecule has 0 saturated carbocycles. The number of aromatic nitrogens is 1. The number of aliphatic hydroxyl groups is 1. The van der Waals surface area contributed by atoms with Crippen LogP contribution >= 0.6 is 0 Å². The van der Waals surface area contributed by atoms with Crippen LogP contribution in [0.1, 0.15) is 5.56 Å². The van der Waals surface area contributed by atoms with Gasteiger partial charge < -0.3 is 9.67 Å². The fourth-order valence-corrected chi connectivity index (χ4v) is 1.68. The molecule has 13 heavy (non-hydrogen) atoms. The monoisotopic (exact) mass is 174 g/mol. The molecule has 2 nitrogen and oxygen atoms in total. The van der Waals surface area contributed by atoms with Crippen molar-refractivity contribution in [3.8, 4) is 0 Å². The Labute approximate surface area is 77.4 Å². The van der Waals surface area contributed by atoms with Crippen LogP contribution in [0.5, 0.6) is 0 Å². The summed E-state index contributed by atoms with van der Waals surface area (Å²) in [6, 6.07) is 8.97. The van der Waals surface area contributed by atoms with E-state index in [4.69, 9.17) is 5.11 Å². The van der Waals surface area contributed by atoms with Crippen molar-refractivity contribution in [1.29, 1.82) is 0 Å². The van der Waals surface area contributed by atoms with Crippen LogP contribution in [-0.2, 0) is 13.5 Å². The van der Waals surface area contributed by atoms with Crippen molar-refractivity contribution in [3.63, 3.8) is 0 Å². The van der Waals surface area contributed by atoms with Crippen LogP contribution in [-0.4, -0.2) is 16.3 Å². The number of fused-ring (bicyclic) bond motifs is 1. The predicted molar refractivity (Wildman–Crippen MR) is 52.5 cm³/mol. The van der Waals surface area contributed by atoms with Gasteiger partial charge in [0.25, 0.3) is 0 Å². The van der Waals surface area contributed by atoms with Crippen molar-refractivity contribution < 1.29 is 5.11 Å². The third kappa shape index (κ3) is 1.33. The summed E-state index contributed by atoms with van der Waals surface area (Å²) in [6.45, 7) is 0.202. The maximum absolute atomic E-state index is 8.87. The fraction of sp³-hybridized carbons (Fsp3) is 0.273. The second kappa shape index (κ2) is 3.23. The third-order valence-electron chi connectivity index (χ3n) is 2.30. The predicted octanol–water partition coefficient (Wildman–Crippen LogP) is 1.51. The van der Waals surface area contributed by atoms with Crippen LogP contribution < -0.4 is 0 Å². The van der Waals surface area contributed by atoms with Gasteiger partial charge in [0.2, 0.25) is 0 Å². The van der Waals surface area contributed by atoms with Crippen molar-refractivity contribution in [1.82, 2.24) is 4.57 Å². The lowest BCUT2D eigenvalue weighted by atomic mass is 10.1. The van der Waals surface area contributed by atoms with E-state index in [-0.39, 0.29) is 6.61 Å². The minimum absolute atomic E-state index is 0.202. The lowest BCUT2D eigenvalue weighted by Gasteiger charge is -1.93. The van der Waals surface area contributed by atoms with Crippen LogP contribution in [0.3, 0.4) is 0 Å². The van der Waals surface area contributed by atoms with E-state index in [1.54, 1.807) is 0 Å². The van der Waals surface area contributed by atoms with E-state index in [1.165, 1.54) is 16.5 Å². The molecule has 0 amide bonds. The van der Waals surface area contributed by atoms with Gasteiger partial charge in [-0.25, -0.2) is 0 Å². The average Bonchev–Trinajstić information content (AvgIpc) is 2.46. The van der Waals surface area contributed by atoms with Gasteiger partial charge in [0.1, 0.15) is 0 Å². The fourth-order valence-electron chi connectivity index (χ4n) is 1.68. The van der Waals surface area contributed by atoms with E-state index < -0.39 is 0 Å². The third-order valence-corrected chi connectivity index (χ3v) is 2.30. The van der Waals surface area contributed by atoms with E-state index in [0.29, 0.717) is 0 Å². The van der Waals surface area contributed by atoms with Gasteiger partial charge in [0, 0.05) is 30.8 Å². The molecule has 2 aromatic rings. The van der Waals surface area contributed by atoms with Crippen molar-refractivity contribution >= 4 is 10.9 Å². The Morgan fingerprint density at radius 3 is 3.15 bits per heavy atom. The van der Waals surface area contributed by atoms with E-state index >= 15 is 0 Å². The normalized spacial score (nSPS) is 10.9. The van der Waals surface area contributed by atoms with Gasteiger partial charge in [0.05, 0.1) is 0 Å². The highest BCUT2D eigenvalue weighted by molar-refractivity contribution is 5.83. The number of hydrogen-bond donors (Lipinski definition) is 1. The maximum Gasteiger partial charge on any atom is 0.0480 e. The van der Waals surface area contributed by atoms with Crippen molar-refractivity contribution in [2.75, 3.05) is 6.61 Å². The van der Waals surface area contributed by atoms with E-state index in [9.17, 15) is 0 Å². The second-order valence-corrected chi connectivity index (χ2v) is 3.18. The minimum atomic E-state index is 0.202. The summed E-state index contributed by atoms with van der Waals surface area (Å²) in [6.07, 6.45) is 2.78. The first kappa shape index (κ1) is 8.32. The second-order valence-electron chi connectivity index (χ2n) is 3.18. The molecular weight excluding hydrogens is 162 g/mol. The molecular formula is C11H12NO. The topological polar surface area (TPSA) is 25.2 Å². The van der Waals surface area contributed by atoms with Gasteiger partial charge >= 0.3 is 0 Å². The summed E-state index contributed by atoms with van der Waals surface area (Å²) in [5, 5.41) is 10.1. The Morgan fingerprint density at radius 1 is 1.54 bits per heavy atom. The molecule has 0 fully saturated rings. The quantitative estimate of drug-likeness (QED) is 0.733. The summed E-state index contributed by atoms with van der Waals surface area (Å²) in [7, 11) is 2.02. The molecule has 67 valence electrons. The van der Waals surface area contributed by atoms with E-state index in [1.807, 2.05) is 25.2 Å². The van der Waals surface area contributed by atoms with Crippen molar-refractivity contribution in [2.45, 2.75) is 6.42 Å². The van der Waals surface area contributed by atoms with Crippen LogP contribution in [0, 0.1) is 6.07 Å². The molecule has 0 aliphatic carbocycles. The SMILES string of the molecule is Cn1cc(CCO)c2c[c]ccc21. The number of rotatable bonds is 2. The number of aliphatic hydroxyl groups excluding tert-OH is 1.